The van der Waals surface area contributed by atoms with Crippen molar-refractivity contribution in [2.45, 2.75) is 70.1 Å². The van der Waals surface area contributed by atoms with E-state index in [4.69, 9.17) is 4.74 Å². The maximum atomic E-state index is 12.6. The Labute approximate surface area is 198 Å². The standard InChI is InChI=1S/C26H36N2O4S/c1-25(2,3)19-9-14-23(22(17-19)26(4,5)6)32-18-24(29)27-20-10-12-21(13-11-20)33(30,31)28-15-7-8-16-28/h9-14,17H,7-8,15-16,18H2,1-6H3,(H,27,29). The fourth-order valence-corrected chi connectivity index (χ4v) is 5.35. The van der Waals surface area contributed by atoms with Crippen molar-refractivity contribution in [3.05, 3.63) is 53.6 Å². The Balaban J connectivity index is 1.66. The molecule has 0 aliphatic carbocycles. The first-order valence-corrected chi connectivity index (χ1v) is 12.9. The molecule has 1 aliphatic heterocycles. The first-order chi connectivity index (χ1) is 15.3. The lowest BCUT2D eigenvalue weighted by Gasteiger charge is -2.27. The van der Waals surface area contributed by atoms with Crippen molar-refractivity contribution in [2.24, 2.45) is 0 Å². The van der Waals surface area contributed by atoms with Crippen LogP contribution in [0.2, 0.25) is 0 Å². The summed E-state index contributed by atoms with van der Waals surface area (Å²) >= 11 is 0. The lowest BCUT2D eigenvalue weighted by molar-refractivity contribution is -0.118. The van der Waals surface area contributed by atoms with Crippen LogP contribution >= 0.6 is 0 Å². The summed E-state index contributed by atoms with van der Waals surface area (Å²) in [5.41, 5.74) is 2.68. The molecule has 1 N–H and O–H groups in total. The van der Waals surface area contributed by atoms with Crippen LogP contribution in [0.25, 0.3) is 0 Å². The summed E-state index contributed by atoms with van der Waals surface area (Å²) in [6.07, 6.45) is 1.78. The van der Waals surface area contributed by atoms with Crippen LogP contribution in [0.1, 0.15) is 65.5 Å². The normalized spacial score (nSPS) is 15.5. The van der Waals surface area contributed by atoms with Crippen LogP contribution in [0.4, 0.5) is 5.69 Å². The Hall–Kier alpha value is -2.38. The van der Waals surface area contributed by atoms with E-state index in [1.54, 1.807) is 12.1 Å². The quantitative estimate of drug-likeness (QED) is 0.636. The van der Waals surface area contributed by atoms with Gasteiger partial charge in [-0.25, -0.2) is 8.42 Å². The predicted molar refractivity (Wildman–Crippen MR) is 132 cm³/mol. The van der Waals surface area contributed by atoms with E-state index in [0.29, 0.717) is 24.5 Å². The number of nitrogens with zero attached hydrogens (tertiary/aromatic N) is 1. The molecular weight excluding hydrogens is 436 g/mol. The number of carbonyl (C=O) groups excluding carboxylic acids is 1. The predicted octanol–water partition coefficient (Wildman–Crippen LogP) is 5.08. The average molecular weight is 473 g/mol. The van der Waals surface area contributed by atoms with Gasteiger partial charge in [0.15, 0.2) is 6.61 Å². The van der Waals surface area contributed by atoms with Crippen LogP contribution in [0.3, 0.4) is 0 Å². The third kappa shape index (κ3) is 6.15. The molecular formula is C26H36N2O4S. The van der Waals surface area contributed by atoms with Gasteiger partial charge in [-0.2, -0.15) is 4.31 Å². The molecule has 1 fully saturated rings. The van der Waals surface area contributed by atoms with E-state index in [-0.39, 0.29) is 28.2 Å². The molecule has 0 bridgehead atoms. The third-order valence-corrected chi connectivity index (χ3v) is 7.77. The minimum absolute atomic E-state index is 0.0182. The molecule has 0 aromatic heterocycles. The molecule has 180 valence electrons. The maximum absolute atomic E-state index is 12.6. The van der Waals surface area contributed by atoms with Crippen LogP contribution in [0.15, 0.2) is 47.4 Å². The Kier molecular flexibility index (Phi) is 7.24. The monoisotopic (exact) mass is 472 g/mol. The Morgan fingerprint density at radius 1 is 0.939 bits per heavy atom. The molecule has 0 radical (unpaired) electrons. The fourth-order valence-electron chi connectivity index (χ4n) is 3.84. The maximum Gasteiger partial charge on any atom is 0.262 e. The highest BCUT2D eigenvalue weighted by atomic mass is 32.2. The topological polar surface area (TPSA) is 75.7 Å². The lowest BCUT2D eigenvalue weighted by atomic mass is 9.80. The summed E-state index contributed by atoms with van der Waals surface area (Å²) in [6, 6.07) is 12.4. The second-order valence-electron chi connectivity index (χ2n) is 10.7. The number of hydrogen-bond acceptors (Lipinski definition) is 4. The van der Waals surface area contributed by atoms with Crippen molar-refractivity contribution in [3.8, 4) is 5.75 Å². The van der Waals surface area contributed by atoms with Crippen LogP contribution < -0.4 is 10.1 Å². The van der Waals surface area contributed by atoms with Gasteiger partial charge in [0.2, 0.25) is 10.0 Å². The van der Waals surface area contributed by atoms with Crippen molar-refractivity contribution in [2.75, 3.05) is 25.0 Å². The van der Waals surface area contributed by atoms with Gasteiger partial charge in [0.25, 0.3) is 5.91 Å². The number of ether oxygens (including phenoxy) is 1. The van der Waals surface area contributed by atoms with Crippen molar-refractivity contribution in [3.63, 3.8) is 0 Å². The first kappa shape index (κ1) is 25.2. The minimum atomic E-state index is -3.47. The van der Waals surface area contributed by atoms with Gasteiger partial charge in [0.1, 0.15) is 5.75 Å². The number of amides is 1. The average Bonchev–Trinajstić information content (AvgIpc) is 3.27. The summed E-state index contributed by atoms with van der Waals surface area (Å²) in [6.45, 7) is 13.9. The molecule has 33 heavy (non-hydrogen) atoms. The summed E-state index contributed by atoms with van der Waals surface area (Å²) in [5.74, 6) is 0.391. The van der Waals surface area contributed by atoms with Crippen LogP contribution in [0, 0.1) is 0 Å². The number of anilines is 1. The zero-order valence-electron chi connectivity index (χ0n) is 20.6. The minimum Gasteiger partial charge on any atom is -0.483 e. The van der Waals surface area contributed by atoms with Gasteiger partial charge in [-0.05, 0) is 65.1 Å². The molecule has 2 aromatic carbocycles. The molecule has 0 spiro atoms. The van der Waals surface area contributed by atoms with Crippen molar-refractivity contribution >= 4 is 21.6 Å². The van der Waals surface area contributed by atoms with E-state index in [2.05, 4.69) is 52.9 Å². The third-order valence-electron chi connectivity index (χ3n) is 5.85. The fraction of sp³-hybridized carbons (Fsp3) is 0.500. The van der Waals surface area contributed by atoms with Gasteiger partial charge in [0.05, 0.1) is 4.90 Å². The number of sulfonamides is 1. The Morgan fingerprint density at radius 3 is 2.09 bits per heavy atom. The SMILES string of the molecule is CC(C)(C)c1ccc(OCC(=O)Nc2ccc(S(=O)(=O)N3CCCC3)cc2)c(C(C)(C)C)c1. The molecule has 3 rings (SSSR count). The molecule has 1 heterocycles. The highest BCUT2D eigenvalue weighted by molar-refractivity contribution is 7.89. The molecule has 1 amide bonds. The Morgan fingerprint density at radius 2 is 1.55 bits per heavy atom. The van der Waals surface area contributed by atoms with Crippen LogP contribution in [0.5, 0.6) is 5.75 Å². The van der Waals surface area contributed by atoms with E-state index < -0.39 is 10.0 Å². The number of hydrogen-bond donors (Lipinski definition) is 1. The lowest BCUT2D eigenvalue weighted by Crippen LogP contribution is -2.27. The van der Waals surface area contributed by atoms with Gasteiger partial charge in [-0.15, -0.1) is 0 Å². The summed E-state index contributed by atoms with van der Waals surface area (Å²) in [4.78, 5) is 12.7. The molecule has 0 atom stereocenters. The van der Waals surface area contributed by atoms with Gasteiger partial charge in [-0.1, -0.05) is 53.7 Å². The van der Waals surface area contributed by atoms with E-state index >= 15 is 0 Å². The highest BCUT2D eigenvalue weighted by Crippen LogP contribution is 2.35. The largest absolute Gasteiger partial charge is 0.483 e. The number of nitrogens with one attached hydrogen (secondary N) is 1. The van der Waals surface area contributed by atoms with Crippen molar-refractivity contribution in [1.82, 2.24) is 4.31 Å². The second kappa shape index (κ2) is 9.47. The molecule has 2 aromatic rings. The van der Waals surface area contributed by atoms with Gasteiger partial charge < -0.3 is 10.1 Å². The highest BCUT2D eigenvalue weighted by Gasteiger charge is 2.27. The van der Waals surface area contributed by atoms with Crippen molar-refractivity contribution in [1.29, 1.82) is 0 Å². The summed E-state index contributed by atoms with van der Waals surface area (Å²) < 4.78 is 32.7. The molecule has 0 unspecified atom stereocenters. The first-order valence-electron chi connectivity index (χ1n) is 11.5. The van der Waals surface area contributed by atoms with Gasteiger partial charge in [0, 0.05) is 18.8 Å². The number of carbonyl (C=O) groups is 1. The van der Waals surface area contributed by atoms with E-state index in [9.17, 15) is 13.2 Å². The van der Waals surface area contributed by atoms with Gasteiger partial charge >= 0.3 is 0 Å². The van der Waals surface area contributed by atoms with Gasteiger partial charge in [-0.3, -0.25) is 4.79 Å². The van der Waals surface area contributed by atoms with E-state index in [0.717, 1.165) is 18.4 Å². The molecule has 6 nitrogen and oxygen atoms in total. The van der Waals surface area contributed by atoms with E-state index in [1.165, 1.54) is 22.0 Å². The van der Waals surface area contributed by atoms with Crippen molar-refractivity contribution < 1.29 is 17.9 Å². The molecule has 7 heteroatoms. The molecule has 0 saturated carbocycles. The second-order valence-corrected chi connectivity index (χ2v) is 12.6. The smallest absolute Gasteiger partial charge is 0.262 e. The van der Waals surface area contributed by atoms with Crippen LogP contribution in [-0.2, 0) is 25.6 Å². The van der Waals surface area contributed by atoms with Crippen LogP contribution in [-0.4, -0.2) is 38.3 Å². The number of rotatable bonds is 6. The zero-order valence-corrected chi connectivity index (χ0v) is 21.4. The Bertz CT molecular complexity index is 1090. The molecule has 1 saturated heterocycles. The molecule has 1 aliphatic rings. The van der Waals surface area contributed by atoms with E-state index in [1.807, 2.05) is 12.1 Å². The summed E-state index contributed by atoms with van der Waals surface area (Å²) in [5, 5.41) is 2.78. The number of benzene rings is 2. The summed E-state index contributed by atoms with van der Waals surface area (Å²) in [7, 11) is -3.47. The zero-order chi connectivity index (χ0) is 24.4.